The molecule has 9 heteroatoms. The molecule has 0 atom stereocenters. The zero-order chi connectivity index (χ0) is 24.5. The Hall–Kier alpha value is -4.66. The SMILES string of the molecule is COc1cc(N)cnc1-c1c(C)c2ncnc(O)c2n1-c1ccc(OCc2ccccc2)c(F)c1. The first-order valence-electron chi connectivity index (χ1n) is 10.8. The number of methoxy groups -OCH3 is 1. The number of rotatable bonds is 6. The highest BCUT2D eigenvalue weighted by Gasteiger charge is 2.25. The van der Waals surface area contributed by atoms with E-state index >= 15 is 4.39 Å². The van der Waals surface area contributed by atoms with Crippen LogP contribution in [0.25, 0.3) is 28.1 Å². The Kier molecular flexibility index (Phi) is 5.66. The molecule has 0 radical (unpaired) electrons. The van der Waals surface area contributed by atoms with Gasteiger partial charge in [-0.2, -0.15) is 0 Å². The molecule has 0 aliphatic rings. The average Bonchev–Trinajstić information content (AvgIpc) is 3.17. The molecule has 0 unspecified atom stereocenters. The fourth-order valence-electron chi connectivity index (χ4n) is 4.06. The number of nitrogen functional groups attached to an aromatic ring is 1. The van der Waals surface area contributed by atoms with Gasteiger partial charge in [0.1, 0.15) is 29.9 Å². The van der Waals surface area contributed by atoms with Gasteiger partial charge in [-0.25, -0.2) is 19.3 Å². The van der Waals surface area contributed by atoms with Crippen LogP contribution in [0.2, 0.25) is 0 Å². The predicted molar refractivity (Wildman–Crippen MR) is 130 cm³/mol. The second-order valence-electron chi connectivity index (χ2n) is 7.91. The zero-order valence-electron chi connectivity index (χ0n) is 19.1. The minimum Gasteiger partial charge on any atom is -0.494 e. The monoisotopic (exact) mass is 471 g/mol. The van der Waals surface area contributed by atoms with Crippen LogP contribution < -0.4 is 15.2 Å². The molecule has 0 fully saturated rings. The summed E-state index contributed by atoms with van der Waals surface area (Å²) in [5, 5.41) is 10.6. The molecule has 3 aromatic heterocycles. The number of fused-ring (bicyclic) bond motifs is 1. The Balaban J connectivity index is 1.66. The average molecular weight is 471 g/mol. The Morgan fingerprint density at radius 2 is 1.83 bits per heavy atom. The van der Waals surface area contributed by atoms with Crippen molar-refractivity contribution in [3.05, 3.63) is 84.1 Å². The van der Waals surface area contributed by atoms with Crippen molar-refractivity contribution in [3.63, 3.8) is 0 Å². The largest absolute Gasteiger partial charge is 0.494 e. The van der Waals surface area contributed by atoms with Crippen molar-refractivity contribution in [1.29, 1.82) is 0 Å². The van der Waals surface area contributed by atoms with E-state index in [0.717, 1.165) is 5.56 Å². The molecule has 0 aliphatic heterocycles. The van der Waals surface area contributed by atoms with Crippen molar-refractivity contribution in [3.8, 4) is 34.5 Å². The van der Waals surface area contributed by atoms with Gasteiger partial charge in [-0.05, 0) is 24.6 Å². The Morgan fingerprint density at radius 3 is 2.57 bits per heavy atom. The van der Waals surface area contributed by atoms with Crippen LogP contribution in [0.15, 0.2) is 67.1 Å². The summed E-state index contributed by atoms with van der Waals surface area (Å²) in [4.78, 5) is 12.8. The normalized spacial score (nSPS) is 11.1. The summed E-state index contributed by atoms with van der Waals surface area (Å²) in [6.07, 6.45) is 2.78. The molecule has 0 aliphatic carbocycles. The van der Waals surface area contributed by atoms with E-state index in [9.17, 15) is 5.11 Å². The number of aryl methyl sites for hydroxylation is 1. The first-order chi connectivity index (χ1) is 17.0. The first-order valence-corrected chi connectivity index (χ1v) is 10.8. The van der Waals surface area contributed by atoms with Crippen LogP contribution in [-0.4, -0.2) is 31.7 Å². The number of hydrogen-bond donors (Lipinski definition) is 2. The van der Waals surface area contributed by atoms with E-state index in [1.54, 1.807) is 22.8 Å². The number of pyridine rings is 1. The first kappa shape index (κ1) is 22.1. The van der Waals surface area contributed by atoms with Gasteiger partial charge in [0.05, 0.1) is 30.2 Å². The van der Waals surface area contributed by atoms with E-state index in [0.29, 0.717) is 45.1 Å². The minimum absolute atomic E-state index is 0.107. The third kappa shape index (κ3) is 3.97. The van der Waals surface area contributed by atoms with E-state index in [4.69, 9.17) is 15.2 Å². The van der Waals surface area contributed by atoms with E-state index in [2.05, 4.69) is 15.0 Å². The number of halogens is 1. The van der Waals surface area contributed by atoms with Gasteiger partial charge < -0.3 is 24.9 Å². The number of nitrogens with zero attached hydrogens (tertiary/aromatic N) is 4. The van der Waals surface area contributed by atoms with Crippen LogP contribution in [0.1, 0.15) is 11.1 Å². The third-order valence-corrected chi connectivity index (χ3v) is 5.69. The molecule has 5 aromatic rings. The van der Waals surface area contributed by atoms with E-state index in [-0.39, 0.29) is 18.2 Å². The van der Waals surface area contributed by atoms with Crippen LogP contribution in [0, 0.1) is 12.7 Å². The maximum Gasteiger partial charge on any atom is 0.239 e. The summed E-state index contributed by atoms with van der Waals surface area (Å²) in [6, 6.07) is 15.7. The lowest BCUT2D eigenvalue weighted by molar-refractivity contribution is 0.290. The maximum absolute atomic E-state index is 15.2. The smallest absolute Gasteiger partial charge is 0.239 e. The molecule has 0 spiro atoms. The maximum atomic E-state index is 15.2. The van der Waals surface area contributed by atoms with Crippen LogP contribution in [0.4, 0.5) is 10.1 Å². The highest BCUT2D eigenvalue weighted by Crippen LogP contribution is 2.41. The summed E-state index contributed by atoms with van der Waals surface area (Å²) in [5.74, 6) is -0.273. The number of aromatic nitrogens is 4. The standard InChI is InChI=1S/C26H22FN5O3/c1-15-22-25(26(33)31-14-30-22)32(24(15)23-21(34-2)10-17(28)12-29-23)18-8-9-20(19(27)11-18)35-13-16-6-4-3-5-7-16/h3-12,14H,13,28H2,1-2H3,(H,30,31,33). The lowest BCUT2D eigenvalue weighted by Gasteiger charge is -2.15. The van der Waals surface area contributed by atoms with Gasteiger partial charge in [-0.15, -0.1) is 0 Å². The Morgan fingerprint density at radius 1 is 1.03 bits per heavy atom. The second kappa shape index (κ2) is 8.94. The van der Waals surface area contributed by atoms with Gasteiger partial charge in [-0.3, -0.25) is 0 Å². The number of anilines is 1. The number of ether oxygens (including phenoxy) is 2. The topological polar surface area (TPSA) is 108 Å². The van der Waals surface area contributed by atoms with Crippen LogP contribution in [-0.2, 0) is 6.61 Å². The van der Waals surface area contributed by atoms with Crippen molar-refractivity contribution < 1.29 is 19.0 Å². The molecule has 5 rings (SSSR count). The molecule has 0 saturated heterocycles. The molecule has 176 valence electrons. The molecular weight excluding hydrogens is 449 g/mol. The number of aromatic hydroxyl groups is 1. The summed E-state index contributed by atoms with van der Waals surface area (Å²) in [5.41, 5.74) is 10.2. The van der Waals surface area contributed by atoms with E-state index < -0.39 is 5.82 Å². The molecule has 2 aromatic carbocycles. The van der Waals surface area contributed by atoms with Crippen LogP contribution in [0.5, 0.6) is 17.4 Å². The Bertz CT molecular complexity index is 1540. The number of benzene rings is 2. The third-order valence-electron chi connectivity index (χ3n) is 5.69. The Labute approximate surface area is 200 Å². The highest BCUT2D eigenvalue weighted by atomic mass is 19.1. The number of nitrogens with two attached hydrogens (primary N) is 1. The summed E-state index contributed by atoms with van der Waals surface area (Å²) in [7, 11) is 1.51. The van der Waals surface area contributed by atoms with Crippen LogP contribution >= 0.6 is 0 Å². The second-order valence-corrected chi connectivity index (χ2v) is 7.91. The lowest BCUT2D eigenvalue weighted by Crippen LogP contribution is -2.03. The van der Waals surface area contributed by atoms with Gasteiger partial charge >= 0.3 is 0 Å². The van der Waals surface area contributed by atoms with Crippen molar-refractivity contribution in [2.24, 2.45) is 0 Å². The fraction of sp³-hybridized carbons (Fsp3) is 0.115. The molecule has 3 heterocycles. The highest BCUT2D eigenvalue weighted by molar-refractivity contribution is 5.93. The van der Waals surface area contributed by atoms with Crippen molar-refractivity contribution >= 4 is 16.7 Å². The lowest BCUT2D eigenvalue weighted by atomic mass is 10.1. The van der Waals surface area contributed by atoms with Crippen LogP contribution in [0.3, 0.4) is 0 Å². The van der Waals surface area contributed by atoms with E-state index in [1.165, 1.54) is 25.7 Å². The van der Waals surface area contributed by atoms with Crippen molar-refractivity contribution in [2.45, 2.75) is 13.5 Å². The van der Waals surface area contributed by atoms with Crippen molar-refractivity contribution in [2.75, 3.05) is 12.8 Å². The van der Waals surface area contributed by atoms with Gasteiger partial charge in [0.2, 0.25) is 5.88 Å². The molecular formula is C26H22FN5O3. The summed E-state index contributed by atoms with van der Waals surface area (Å²) < 4.78 is 28.1. The molecule has 0 amide bonds. The van der Waals surface area contributed by atoms with Crippen molar-refractivity contribution in [1.82, 2.24) is 19.5 Å². The van der Waals surface area contributed by atoms with Gasteiger partial charge in [0, 0.05) is 23.4 Å². The zero-order valence-corrected chi connectivity index (χ0v) is 19.1. The summed E-state index contributed by atoms with van der Waals surface area (Å²) >= 11 is 0. The molecule has 35 heavy (non-hydrogen) atoms. The van der Waals surface area contributed by atoms with Gasteiger partial charge in [0.25, 0.3) is 0 Å². The van der Waals surface area contributed by atoms with Gasteiger partial charge in [-0.1, -0.05) is 30.3 Å². The predicted octanol–water partition coefficient (Wildman–Crippen LogP) is 4.81. The number of hydrogen-bond acceptors (Lipinski definition) is 7. The minimum atomic E-state index is -0.558. The molecule has 8 nitrogen and oxygen atoms in total. The summed E-state index contributed by atoms with van der Waals surface area (Å²) in [6.45, 7) is 2.07. The quantitative estimate of drug-likeness (QED) is 0.366. The molecule has 0 bridgehead atoms. The van der Waals surface area contributed by atoms with Gasteiger partial charge in [0.15, 0.2) is 11.6 Å². The fourth-order valence-corrected chi connectivity index (χ4v) is 4.06. The molecule has 3 N–H and O–H groups in total. The molecule has 0 saturated carbocycles. The van der Waals surface area contributed by atoms with E-state index in [1.807, 2.05) is 37.3 Å².